The van der Waals surface area contributed by atoms with Crippen LogP contribution in [0.4, 0.5) is 4.39 Å². The number of carbonyl (C=O) groups excluding carboxylic acids is 1. The SMILES string of the molecule is CC(CCNC(=O)c1cc(F)cnc1Cl)c1ccccc1. The van der Waals surface area contributed by atoms with Gasteiger partial charge in [-0.05, 0) is 24.0 Å². The molecule has 1 heterocycles. The normalized spacial score (nSPS) is 12.0. The predicted octanol–water partition coefficient (Wildman–Crippen LogP) is 3.80. The zero-order chi connectivity index (χ0) is 15.2. The fourth-order valence-electron chi connectivity index (χ4n) is 2.03. The Bertz CT molecular complexity index is 619. The molecular weight excluding hydrogens is 291 g/mol. The summed E-state index contributed by atoms with van der Waals surface area (Å²) in [5.74, 6) is -0.665. The van der Waals surface area contributed by atoms with Gasteiger partial charge in [-0.1, -0.05) is 48.9 Å². The molecule has 1 N–H and O–H groups in total. The summed E-state index contributed by atoms with van der Waals surface area (Å²) in [6, 6.07) is 11.1. The number of rotatable bonds is 5. The minimum absolute atomic E-state index is 0.00464. The molecule has 0 radical (unpaired) electrons. The molecule has 2 rings (SSSR count). The molecule has 0 bridgehead atoms. The molecule has 0 saturated heterocycles. The molecule has 5 heteroatoms. The van der Waals surface area contributed by atoms with E-state index in [-0.39, 0.29) is 10.7 Å². The lowest BCUT2D eigenvalue weighted by Gasteiger charge is -2.12. The van der Waals surface area contributed by atoms with Gasteiger partial charge in [-0.3, -0.25) is 4.79 Å². The van der Waals surface area contributed by atoms with Crippen molar-refractivity contribution in [1.29, 1.82) is 0 Å². The summed E-state index contributed by atoms with van der Waals surface area (Å²) in [6.45, 7) is 2.58. The van der Waals surface area contributed by atoms with Crippen LogP contribution >= 0.6 is 11.6 Å². The quantitative estimate of drug-likeness (QED) is 0.854. The van der Waals surface area contributed by atoms with E-state index in [0.29, 0.717) is 12.5 Å². The molecule has 2 aromatic rings. The summed E-state index contributed by atoms with van der Waals surface area (Å²) in [5, 5.41) is 2.74. The van der Waals surface area contributed by atoms with E-state index in [2.05, 4.69) is 29.4 Å². The van der Waals surface area contributed by atoms with Crippen LogP contribution in [0, 0.1) is 5.82 Å². The van der Waals surface area contributed by atoms with E-state index in [0.717, 1.165) is 18.7 Å². The maximum absolute atomic E-state index is 13.1. The third-order valence-corrected chi connectivity index (χ3v) is 3.58. The van der Waals surface area contributed by atoms with E-state index >= 15 is 0 Å². The highest BCUT2D eigenvalue weighted by Gasteiger charge is 2.13. The largest absolute Gasteiger partial charge is 0.352 e. The van der Waals surface area contributed by atoms with Crippen molar-refractivity contribution >= 4 is 17.5 Å². The Hall–Kier alpha value is -1.94. The first-order chi connectivity index (χ1) is 10.1. The summed E-state index contributed by atoms with van der Waals surface area (Å²) >= 11 is 5.79. The monoisotopic (exact) mass is 306 g/mol. The number of hydrogen-bond donors (Lipinski definition) is 1. The fraction of sp³-hybridized carbons (Fsp3) is 0.250. The van der Waals surface area contributed by atoms with Crippen molar-refractivity contribution in [1.82, 2.24) is 10.3 Å². The highest BCUT2D eigenvalue weighted by atomic mass is 35.5. The topological polar surface area (TPSA) is 42.0 Å². The Morgan fingerprint density at radius 2 is 2.10 bits per heavy atom. The number of carbonyl (C=O) groups is 1. The Morgan fingerprint density at radius 1 is 1.38 bits per heavy atom. The first-order valence-electron chi connectivity index (χ1n) is 6.72. The fourth-order valence-corrected chi connectivity index (χ4v) is 2.22. The van der Waals surface area contributed by atoms with Gasteiger partial charge in [0.05, 0.1) is 11.8 Å². The summed E-state index contributed by atoms with van der Waals surface area (Å²) in [4.78, 5) is 15.6. The van der Waals surface area contributed by atoms with Crippen LogP contribution in [-0.4, -0.2) is 17.4 Å². The molecule has 1 atom stereocenters. The minimum Gasteiger partial charge on any atom is -0.352 e. The molecule has 110 valence electrons. The lowest BCUT2D eigenvalue weighted by Crippen LogP contribution is -2.26. The van der Waals surface area contributed by atoms with Gasteiger partial charge in [0.2, 0.25) is 0 Å². The van der Waals surface area contributed by atoms with Crippen LogP contribution in [0.3, 0.4) is 0 Å². The van der Waals surface area contributed by atoms with Gasteiger partial charge in [-0.25, -0.2) is 9.37 Å². The summed E-state index contributed by atoms with van der Waals surface area (Å²) < 4.78 is 13.1. The summed E-state index contributed by atoms with van der Waals surface area (Å²) in [6.07, 6.45) is 1.77. The number of halogens is 2. The Morgan fingerprint density at radius 3 is 2.81 bits per heavy atom. The number of pyridine rings is 1. The van der Waals surface area contributed by atoms with Gasteiger partial charge in [0.1, 0.15) is 11.0 Å². The van der Waals surface area contributed by atoms with E-state index in [9.17, 15) is 9.18 Å². The first-order valence-corrected chi connectivity index (χ1v) is 7.10. The van der Waals surface area contributed by atoms with Gasteiger partial charge in [-0.2, -0.15) is 0 Å². The summed E-state index contributed by atoms with van der Waals surface area (Å²) in [7, 11) is 0. The Kier molecular flexibility index (Phi) is 5.28. The second-order valence-electron chi connectivity index (χ2n) is 4.85. The van der Waals surface area contributed by atoms with Crippen molar-refractivity contribution < 1.29 is 9.18 Å². The van der Waals surface area contributed by atoms with Crippen LogP contribution in [0.2, 0.25) is 5.15 Å². The number of amides is 1. The highest BCUT2D eigenvalue weighted by Crippen LogP contribution is 2.18. The minimum atomic E-state index is -0.581. The average molecular weight is 307 g/mol. The Labute approximate surface area is 128 Å². The second-order valence-corrected chi connectivity index (χ2v) is 5.21. The number of hydrogen-bond acceptors (Lipinski definition) is 2. The van der Waals surface area contributed by atoms with Gasteiger partial charge in [-0.15, -0.1) is 0 Å². The van der Waals surface area contributed by atoms with Crippen LogP contribution in [-0.2, 0) is 0 Å². The van der Waals surface area contributed by atoms with E-state index in [4.69, 9.17) is 11.6 Å². The highest BCUT2D eigenvalue weighted by molar-refractivity contribution is 6.32. The van der Waals surface area contributed by atoms with Crippen molar-refractivity contribution in [2.45, 2.75) is 19.3 Å². The molecule has 21 heavy (non-hydrogen) atoms. The molecule has 0 fully saturated rings. The van der Waals surface area contributed by atoms with Crippen LogP contribution in [0.15, 0.2) is 42.6 Å². The molecule has 1 unspecified atom stereocenters. The standard InChI is InChI=1S/C16H16ClFN2O/c1-11(12-5-3-2-4-6-12)7-8-19-16(21)14-9-13(18)10-20-15(14)17/h2-6,9-11H,7-8H2,1H3,(H,19,21). The van der Waals surface area contributed by atoms with Crippen molar-refractivity contribution in [3.05, 3.63) is 64.7 Å². The van der Waals surface area contributed by atoms with Crippen LogP contribution < -0.4 is 5.32 Å². The lowest BCUT2D eigenvalue weighted by molar-refractivity contribution is 0.0952. The first kappa shape index (κ1) is 15.4. The summed E-state index contributed by atoms with van der Waals surface area (Å²) in [5.41, 5.74) is 1.28. The number of nitrogens with one attached hydrogen (secondary N) is 1. The Balaban J connectivity index is 1.88. The molecule has 1 aromatic heterocycles. The molecule has 1 aromatic carbocycles. The maximum Gasteiger partial charge on any atom is 0.254 e. The van der Waals surface area contributed by atoms with E-state index in [1.807, 2.05) is 18.2 Å². The molecule has 0 aliphatic carbocycles. The third kappa shape index (κ3) is 4.26. The molecule has 3 nitrogen and oxygen atoms in total. The van der Waals surface area contributed by atoms with Gasteiger partial charge >= 0.3 is 0 Å². The molecule has 0 spiro atoms. The zero-order valence-corrected chi connectivity index (χ0v) is 12.4. The number of aromatic nitrogens is 1. The van der Waals surface area contributed by atoms with Crippen molar-refractivity contribution in [3.8, 4) is 0 Å². The van der Waals surface area contributed by atoms with Crippen molar-refractivity contribution in [3.63, 3.8) is 0 Å². The van der Waals surface area contributed by atoms with Crippen LogP contribution in [0.5, 0.6) is 0 Å². The van der Waals surface area contributed by atoms with E-state index < -0.39 is 11.7 Å². The van der Waals surface area contributed by atoms with Gasteiger partial charge in [0.15, 0.2) is 0 Å². The van der Waals surface area contributed by atoms with Crippen molar-refractivity contribution in [2.75, 3.05) is 6.54 Å². The number of benzene rings is 1. The van der Waals surface area contributed by atoms with E-state index in [1.54, 1.807) is 0 Å². The van der Waals surface area contributed by atoms with Gasteiger partial charge < -0.3 is 5.32 Å². The molecule has 0 saturated carbocycles. The molecular formula is C16H16ClFN2O. The van der Waals surface area contributed by atoms with Crippen LogP contribution in [0.1, 0.15) is 35.2 Å². The molecule has 0 aliphatic rings. The molecule has 0 aliphatic heterocycles. The van der Waals surface area contributed by atoms with Gasteiger partial charge in [0.25, 0.3) is 5.91 Å². The van der Waals surface area contributed by atoms with Crippen molar-refractivity contribution in [2.24, 2.45) is 0 Å². The molecule has 1 amide bonds. The van der Waals surface area contributed by atoms with Crippen LogP contribution in [0.25, 0.3) is 0 Å². The second kappa shape index (κ2) is 7.18. The smallest absolute Gasteiger partial charge is 0.254 e. The van der Waals surface area contributed by atoms with Gasteiger partial charge in [0, 0.05) is 6.54 Å². The van der Waals surface area contributed by atoms with E-state index in [1.165, 1.54) is 5.56 Å². The predicted molar refractivity (Wildman–Crippen MR) is 81.0 cm³/mol. The zero-order valence-electron chi connectivity index (χ0n) is 11.6. The number of nitrogens with zero attached hydrogens (tertiary/aromatic N) is 1. The third-order valence-electron chi connectivity index (χ3n) is 3.28. The average Bonchev–Trinajstić information content (AvgIpc) is 2.50. The lowest BCUT2D eigenvalue weighted by atomic mass is 9.98. The maximum atomic E-state index is 13.1.